The minimum atomic E-state index is -3.75. The van der Waals surface area contributed by atoms with E-state index in [-0.39, 0.29) is 0 Å². The molecule has 0 heterocycles. The molecule has 0 rings (SSSR count). The highest BCUT2D eigenvalue weighted by atomic mass is 32.8. The van der Waals surface area contributed by atoms with Crippen LogP contribution in [0.4, 0.5) is 0 Å². The Bertz CT molecular complexity index is 121. The van der Waals surface area contributed by atoms with E-state index in [0.717, 1.165) is 0 Å². The number of hydrogen-bond donors (Lipinski definition) is 1. The first-order valence-corrected chi connectivity index (χ1v) is 3.90. The summed E-state index contributed by atoms with van der Waals surface area (Å²) in [5.41, 5.74) is 0. The van der Waals surface area contributed by atoms with Crippen molar-refractivity contribution < 1.29 is 13.0 Å². The lowest BCUT2D eigenvalue weighted by atomic mass is 14.0. The molecule has 0 aliphatic heterocycles. The van der Waals surface area contributed by atoms with Gasteiger partial charge in [0.1, 0.15) is 0 Å². The van der Waals surface area contributed by atoms with Gasteiger partial charge >= 0.3 is 7.66 Å². The molecule has 0 saturated carbocycles. The monoisotopic (exact) mass is 127 g/mol. The van der Waals surface area contributed by atoms with E-state index in [0.29, 0.717) is 0 Å². The Hall–Kier alpha value is 0.01000. The lowest BCUT2D eigenvalue weighted by molar-refractivity contribution is 0.589. The van der Waals surface area contributed by atoms with E-state index < -0.39 is 17.3 Å². The van der Waals surface area contributed by atoms with Crippen molar-refractivity contribution in [2.75, 3.05) is 0 Å². The summed E-state index contributed by atoms with van der Waals surface area (Å²) in [4.78, 5) is 0. The summed E-state index contributed by atoms with van der Waals surface area (Å²) in [6.07, 6.45) is 0. The lowest BCUT2D eigenvalue weighted by Gasteiger charge is -1.68. The molecule has 0 aromatic rings. The van der Waals surface area contributed by atoms with Crippen LogP contribution in [0.25, 0.3) is 0 Å². The van der Waals surface area contributed by atoms with Crippen LogP contribution in [0.3, 0.4) is 0 Å². The quantitative estimate of drug-likeness (QED) is 0.481. The van der Waals surface area contributed by atoms with Crippen LogP contribution in [0.15, 0.2) is 0 Å². The Balaban J connectivity index is 4.25. The fourth-order valence-electron chi connectivity index (χ4n) is 0. The molecule has 6 heavy (non-hydrogen) atoms. The minimum absolute atomic E-state index is 1.03. The predicted molar refractivity (Wildman–Crippen MR) is 20.7 cm³/mol. The Kier molecular flexibility index (Phi) is 1.64. The van der Waals surface area contributed by atoms with Crippen molar-refractivity contribution >= 4 is 17.3 Å². The molecule has 0 aliphatic rings. The second-order valence-electron chi connectivity index (χ2n) is 0.590. The number of hydrogen-bond acceptors (Lipinski definition) is 3. The highest BCUT2D eigenvalue weighted by Crippen LogP contribution is 1.95. The van der Waals surface area contributed by atoms with Crippen molar-refractivity contribution in [3.05, 3.63) is 0 Å². The third-order valence-electron chi connectivity index (χ3n) is 0.104. The van der Waals surface area contributed by atoms with Gasteiger partial charge in [0.2, 0.25) is 0 Å². The van der Waals surface area contributed by atoms with Crippen LogP contribution in [0.5, 0.6) is 0 Å². The number of rotatable bonds is 1. The van der Waals surface area contributed by atoms with Crippen LogP contribution in [0.2, 0.25) is 0 Å². The molecule has 0 aliphatic carbocycles. The molecule has 0 radical (unpaired) electrons. The van der Waals surface area contributed by atoms with Gasteiger partial charge in [-0.25, -0.2) is 5.14 Å². The zero-order valence-electron chi connectivity index (χ0n) is 2.66. The van der Waals surface area contributed by atoms with Crippen LogP contribution in [0.1, 0.15) is 0 Å². The summed E-state index contributed by atoms with van der Waals surface area (Å²) in [7, 11) is -4.77. The van der Waals surface area contributed by atoms with Gasteiger partial charge in [-0.1, -0.05) is 0 Å². The topological polar surface area (TPSA) is 77.2 Å². The lowest BCUT2D eigenvalue weighted by Crippen LogP contribution is -2.00. The molecule has 2 N–H and O–H groups in total. The fourth-order valence-corrected chi connectivity index (χ4v) is 0. The van der Waals surface area contributed by atoms with E-state index in [4.69, 9.17) is 0 Å². The minimum Gasteiger partial charge on any atom is -0.255 e. The van der Waals surface area contributed by atoms with Crippen molar-refractivity contribution in [1.82, 2.24) is 0 Å². The summed E-state index contributed by atoms with van der Waals surface area (Å²) in [5.74, 6) is 0. The van der Waals surface area contributed by atoms with E-state index in [9.17, 15) is 13.0 Å². The first-order valence-electron chi connectivity index (χ1n) is 0.934. The molecule has 0 fully saturated rings. The highest BCUT2D eigenvalue weighted by molar-refractivity contribution is 8.38. The molecule has 4 nitrogen and oxygen atoms in total. The third kappa shape index (κ3) is 4.01. The van der Waals surface area contributed by atoms with E-state index in [2.05, 4.69) is 5.14 Å². The van der Waals surface area contributed by atoms with Gasteiger partial charge in [0.05, 0.1) is 0 Å². The number of nitrogens with two attached hydrogens (primary N) is 1. The molecular formula is H2NO3PS. The summed E-state index contributed by atoms with van der Waals surface area (Å²) in [6.45, 7) is 0. The Morgan fingerprint density at radius 1 is 1.50 bits per heavy atom. The maximum atomic E-state index is 9.45. The van der Waals surface area contributed by atoms with Crippen LogP contribution in [-0.2, 0) is 14.2 Å². The van der Waals surface area contributed by atoms with Gasteiger partial charge in [0.25, 0.3) is 9.64 Å². The molecule has 0 unspecified atom stereocenters. The van der Waals surface area contributed by atoms with Crippen LogP contribution >= 0.6 is 7.66 Å². The molecule has 0 saturated heterocycles. The van der Waals surface area contributed by atoms with Gasteiger partial charge in [-0.15, -0.1) is 0 Å². The molecule has 0 bridgehead atoms. The smallest absolute Gasteiger partial charge is 0.255 e. The van der Waals surface area contributed by atoms with Gasteiger partial charge < -0.3 is 0 Å². The van der Waals surface area contributed by atoms with Crippen molar-refractivity contribution in [1.29, 1.82) is 0 Å². The van der Waals surface area contributed by atoms with Crippen molar-refractivity contribution in [2.24, 2.45) is 5.14 Å². The van der Waals surface area contributed by atoms with Gasteiger partial charge in [-0.05, 0) is 0 Å². The van der Waals surface area contributed by atoms with Crippen molar-refractivity contribution in [3.63, 3.8) is 0 Å². The van der Waals surface area contributed by atoms with Gasteiger partial charge in [-0.2, -0.15) is 8.42 Å². The molecule has 0 aromatic carbocycles. The first kappa shape index (κ1) is 6.01. The molecule has 6 heteroatoms. The Morgan fingerprint density at radius 3 is 1.67 bits per heavy atom. The van der Waals surface area contributed by atoms with Crippen LogP contribution in [0, 0.1) is 0 Å². The summed E-state index contributed by atoms with van der Waals surface area (Å²) in [5, 5.41) is 4.18. The second kappa shape index (κ2) is 1.64. The highest BCUT2D eigenvalue weighted by Gasteiger charge is 1.94. The largest absolute Gasteiger partial charge is 0.307 e. The van der Waals surface area contributed by atoms with E-state index >= 15 is 0 Å². The Labute approximate surface area is 36.3 Å². The zero-order valence-corrected chi connectivity index (χ0v) is 4.37. The zero-order chi connectivity index (χ0) is 5.21. The molecule has 0 atom stereocenters. The average Bonchev–Trinajstić information content (AvgIpc) is 1.35. The summed E-state index contributed by atoms with van der Waals surface area (Å²) in [6, 6.07) is 0. The second-order valence-corrected chi connectivity index (χ2v) is 3.74. The fraction of sp³-hybridized carbons (Fsp3) is 0. The first-order chi connectivity index (χ1) is 2.56. The van der Waals surface area contributed by atoms with E-state index in [1.165, 1.54) is 0 Å². The van der Waals surface area contributed by atoms with Crippen molar-refractivity contribution in [2.45, 2.75) is 0 Å². The van der Waals surface area contributed by atoms with Crippen molar-refractivity contribution in [3.8, 4) is 0 Å². The van der Waals surface area contributed by atoms with Gasteiger partial charge in [-0.3, -0.25) is 4.57 Å². The SMILES string of the molecule is NS(=O)(=O)P=O. The normalized spacial score (nSPS) is 12.2. The predicted octanol–water partition coefficient (Wildman–Crippen LogP) is -0.518. The average molecular weight is 127 g/mol. The molecule has 36 valence electrons. The molecule has 0 amide bonds. The standard InChI is InChI=1S/H2NO3PS/c1-6(3,4)5-2/h(H2,1,3,4). The van der Waals surface area contributed by atoms with E-state index in [1.54, 1.807) is 0 Å². The maximum absolute atomic E-state index is 9.45. The van der Waals surface area contributed by atoms with Crippen LogP contribution < -0.4 is 5.14 Å². The van der Waals surface area contributed by atoms with Crippen LogP contribution in [-0.4, -0.2) is 8.42 Å². The molecular weight excluding hydrogens is 125 g/mol. The molecule has 0 aromatic heterocycles. The third-order valence-corrected chi connectivity index (χ3v) is 0.935. The van der Waals surface area contributed by atoms with Gasteiger partial charge in [0, 0.05) is 0 Å². The molecule has 0 spiro atoms. The van der Waals surface area contributed by atoms with E-state index in [1.807, 2.05) is 0 Å². The Morgan fingerprint density at radius 2 is 1.67 bits per heavy atom. The summed E-state index contributed by atoms with van der Waals surface area (Å²) < 4.78 is 28.1. The van der Waals surface area contributed by atoms with Gasteiger partial charge in [0.15, 0.2) is 0 Å². The summed E-state index contributed by atoms with van der Waals surface area (Å²) >= 11 is 0. The maximum Gasteiger partial charge on any atom is 0.307 e.